The summed E-state index contributed by atoms with van der Waals surface area (Å²) in [7, 11) is 0. The van der Waals surface area contributed by atoms with Gasteiger partial charge < -0.3 is 15.2 Å². The highest BCUT2D eigenvalue weighted by molar-refractivity contribution is 4.68. The van der Waals surface area contributed by atoms with Crippen LogP contribution in [0.1, 0.15) is 20.3 Å². The molecule has 0 aromatic rings. The molecule has 0 spiro atoms. The van der Waals surface area contributed by atoms with Crippen molar-refractivity contribution in [2.45, 2.75) is 38.5 Å². The van der Waals surface area contributed by atoms with E-state index in [4.69, 9.17) is 15.2 Å². The van der Waals surface area contributed by atoms with Crippen molar-refractivity contribution in [2.75, 3.05) is 13.2 Å². The third-order valence-corrected chi connectivity index (χ3v) is 1.74. The summed E-state index contributed by atoms with van der Waals surface area (Å²) in [6.45, 7) is 5.56. The third-order valence-electron chi connectivity index (χ3n) is 1.74. The lowest BCUT2D eigenvalue weighted by Gasteiger charge is -2.29. The number of rotatable bonds is 4. The Morgan fingerprint density at radius 1 is 1.55 bits per heavy atom. The fourth-order valence-electron chi connectivity index (χ4n) is 1.20. The van der Waals surface area contributed by atoms with Crippen molar-refractivity contribution in [1.29, 1.82) is 0 Å². The van der Waals surface area contributed by atoms with Gasteiger partial charge in [0.1, 0.15) is 6.10 Å². The summed E-state index contributed by atoms with van der Waals surface area (Å²) in [5.74, 6) is 0. The molecule has 0 amide bonds. The first-order valence-electron chi connectivity index (χ1n) is 4.17. The van der Waals surface area contributed by atoms with E-state index < -0.39 is 0 Å². The van der Waals surface area contributed by atoms with Crippen LogP contribution in [0, 0.1) is 0 Å². The molecule has 11 heavy (non-hydrogen) atoms. The van der Waals surface area contributed by atoms with Gasteiger partial charge in [0.05, 0.1) is 19.3 Å². The lowest BCUT2D eigenvalue weighted by atomic mass is 10.1. The second-order valence-corrected chi connectivity index (χ2v) is 3.32. The van der Waals surface area contributed by atoms with Gasteiger partial charge in [0.15, 0.2) is 0 Å². The van der Waals surface area contributed by atoms with Crippen LogP contribution < -0.4 is 5.73 Å². The molecule has 0 aromatic carbocycles. The number of ether oxygens (including phenoxy) is 2. The maximum absolute atomic E-state index is 5.62. The van der Waals surface area contributed by atoms with Crippen molar-refractivity contribution in [1.82, 2.24) is 0 Å². The monoisotopic (exact) mass is 159 g/mol. The van der Waals surface area contributed by atoms with Gasteiger partial charge in [-0.05, 0) is 20.3 Å². The molecule has 1 saturated heterocycles. The number of hydrogen-bond acceptors (Lipinski definition) is 3. The van der Waals surface area contributed by atoms with E-state index in [1.54, 1.807) is 0 Å². The molecule has 0 aliphatic carbocycles. The summed E-state index contributed by atoms with van der Waals surface area (Å²) >= 11 is 0. The van der Waals surface area contributed by atoms with E-state index in [0.29, 0.717) is 6.10 Å². The highest BCUT2D eigenvalue weighted by atomic mass is 16.6. The van der Waals surface area contributed by atoms with Crippen LogP contribution in [0.25, 0.3) is 0 Å². The normalized spacial score (nSPS) is 24.3. The largest absolute Gasteiger partial charge is 0.376 e. The van der Waals surface area contributed by atoms with Crippen LogP contribution in [0.4, 0.5) is 0 Å². The second kappa shape index (κ2) is 4.04. The third kappa shape index (κ3) is 3.18. The highest BCUT2D eigenvalue weighted by Gasteiger charge is 2.21. The van der Waals surface area contributed by atoms with E-state index in [1.807, 2.05) is 6.92 Å². The van der Waals surface area contributed by atoms with Crippen LogP contribution in [0.2, 0.25) is 0 Å². The van der Waals surface area contributed by atoms with Crippen molar-refractivity contribution in [2.24, 2.45) is 5.73 Å². The second-order valence-electron chi connectivity index (χ2n) is 3.32. The molecule has 2 N–H and O–H groups in total. The Hall–Kier alpha value is -0.120. The van der Waals surface area contributed by atoms with Gasteiger partial charge in [0.25, 0.3) is 0 Å². The van der Waals surface area contributed by atoms with Crippen molar-refractivity contribution < 1.29 is 9.47 Å². The van der Waals surface area contributed by atoms with Gasteiger partial charge in [0, 0.05) is 6.04 Å². The van der Waals surface area contributed by atoms with Crippen LogP contribution in [-0.4, -0.2) is 31.5 Å². The van der Waals surface area contributed by atoms with E-state index in [0.717, 1.165) is 19.6 Å². The molecule has 0 saturated carbocycles. The molecular formula is C8H17NO2. The molecule has 2 unspecified atom stereocenters. The fourth-order valence-corrected chi connectivity index (χ4v) is 1.20. The lowest BCUT2D eigenvalue weighted by Crippen LogP contribution is -2.39. The van der Waals surface area contributed by atoms with Crippen molar-refractivity contribution in [3.8, 4) is 0 Å². The average molecular weight is 159 g/mol. The molecule has 1 fully saturated rings. The molecule has 0 radical (unpaired) electrons. The molecule has 1 aliphatic heterocycles. The zero-order chi connectivity index (χ0) is 8.27. The van der Waals surface area contributed by atoms with Gasteiger partial charge in [-0.3, -0.25) is 0 Å². The minimum absolute atomic E-state index is 0.228. The number of hydrogen-bond donors (Lipinski definition) is 1. The molecule has 2 atom stereocenters. The molecule has 0 bridgehead atoms. The summed E-state index contributed by atoms with van der Waals surface area (Å²) in [5.41, 5.74) is 5.62. The van der Waals surface area contributed by atoms with Crippen molar-refractivity contribution in [3.05, 3.63) is 0 Å². The van der Waals surface area contributed by atoms with Gasteiger partial charge in [-0.1, -0.05) is 0 Å². The van der Waals surface area contributed by atoms with Crippen molar-refractivity contribution in [3.63, 3.8) is 0 Å². The topological polar surface area (TPSA) is 44.5 Å². The first kappa shape index (κ1) is 8.97. The van der Waals surface area contributed by atoms with Crippen LogP contribution in [-0.2, 0) is 9.47 Å². The molecule has 3 heteroatoms. The Morgan fingerprint density at radius 3 is 2.55 bits per heavy atom. The van der Waals surface area contributed by atoms with Gasteiger partial charge in [-0.2, -0.15) is 0 Å². The molecule has 1 aliphatic rings. The van der Waals surface area contributed by atoms with E-state index in [2.05, 4.69) is 6.92 Å². The molecule has 0 aromatic heterocycles. The summed E-state index contributed by atoms with van der Waals surface area (Å²) in [6, 6.07) is 0.228. The summed E-state index contributed by atoms with van der Waals surface area (Å²) < 4.78 is 10.6. The summed E-state index contributed by atoms with van der Waals surface area (Å²) in [4.78, 5) is 0. The predicted molar refractivity (Wildman–Crippen MR) is 43.4 cm³/mol. The predicted octanol–water partition coefficient (Wildman–Crippen LogP) is 0.528. The zero-order valence-corrected chi connectivity index (χ0v) is 7.25. The van der Waals surface area contributed by atoms with Crippen LogP contribution in [0.5, 0.6) is 0 Å². The SMILES string of the molecule is CC(N)CC(C)OC1COC1. The Bertz CT molecular complexity index is 113. The van der Waals surface area contributed by atoms with E-state index in [1.165, 1.54) is 0 Å². The quantitative estimate of drug-likeness (QED) is 0.650. The van der Waals surface area contributed by atoms with E-state index >= 15 is 0 Å². The number of nitrogens with two attached hydrogens (primary N) is 1. The summed E-state index contributed by atoms with van der Waals surface area (Å²) in [6.07, 6.45) is 1.52. The highest BCUT2D eigenvalue weighted by Crippen LogP contribution is 2.10. The van der Waals surface area contributed by atoms with Gasteiger partial charge in [0.2, 0.25) is 0 Å². The smallest absolute Gasteiger partial charge is 0.104 e. The first-order chi connectivity index (χ1) is 5.18. The standard InChI is InChI=1S/C8H17NO2/c1-6(9)3-7(2)11-8-4-10-5-8/h6-8H,3-5,9H2,1-2H3. The van der Waals surface area contributed by atoms with E-state index in [9.17, 15) is 0 Å². The maximum Gasteiger partial charge on any atom is 0.104 e. The van der Waals surface area contributed by atoms with Crippen LogP contribution >= 0.6 is 0 Å². The van der Waals surface area contributed by atoms with Gasteiger partial charge >= 0.3 is 0 Å². The molecule has 1 heterocycles. The molecule has 3 nitrogen and oxygen atoms in total. The van der Waals surface area contributed by atoms with Crippen LogP contribution in [0.15, 0.2) is 0 Å². The zero-order valence-electron chi connectivity index (χ0n) is 7.25. The van der Waals surface area contributed by atoms with E-state index in [-0.39, 0.29) is 12.1 Å². The summed E-state index contributed by atoms with van der Waals surface area (Å²) in [5, 5.41) is 0. The Balaban J connectivity index is 2.04. The lowest BCUT2D eigenvalue weighted by molar-refractivity contribution is -0.152. The minimum Gasteiger partial charge on any atom is -0.376 e. The van der Waals surface area contributed by atoms with Gasteiger partial charge in [-0.15, -0.1) is 0 Å². The molecule has 1 rings (SSSR count). The average Bonchev–Trinajstić information content (AvgIpc) is 1.77. The van der Waals surface area contributed by atoms with Crippen molar-refractivity contribution >= 4 is 0 Å². The maximum atomic E-state index is 5.62. The fraction of sp³-hybridized carbons (Fsp3) is 1.00. The van der Waals surface area contributed by atoms with Gasteiger partial charge in [-0.25, -0.2) is 0 Å². The Morgan fingerprint density at radius 2 is 2.18 bits per heavy atom. The van der Waals surface area contributed by atoms with Crippen LogP contribution in [0.3, 0.4) is 0 Å². The Labute approximate surface area is 67.9 Å². The minimum atomic E-state index is 0.228. The molecule has 66 valence electrons. The molecular weight excluding hydrogens is 142 g/mol. The first-order valence-corrected chi connectivity index (χ1v) is 4.17. The Kier molecular flexibility index (Phi) is 3.30.